The van der Waals surface area contributed by atoms with E-state index in [1.807, 2.05) is 0 Å². The van der Waals surface area contributed by atoms with Crippen LogP contribution in [0.15, 0.2) is 46.3 Å². The molecule has 30 heavy (non-hydrogen) atoms. The van der Waals surface area contributed by atoms with Crippen molar-refractivity contribution in [2.75, 3.05) is 19.5 Å². The summed E-state index contributed by atoms with van der Waals surface area (Å²) in [7, 11) is 2.84. The highest BCUT2D eigenvalue weighted by atomic mass is 16.5. The van der Waals surface area contributed by atoms with E-state index in [2.05, 4.69) is 32.3 Å². The second-order valence-corrected chi connectivity index (χ2v) is 6.27. The van der Waals surface area contributed by atoms with Gasteiger partial charge in [0.1, 0.15) is 5.84 Å². The molecule has 0 spiro atoms. The first kappa shape index (κ1) is 22.3. The summed E-state index contributed by atoms with van der Waals surface area (Å²) in [5.41, 5.74) is 0.0386. The minimum atomic E-state index is -1.28. The number of methoxy groups -OCH3 is 1. The number of carboxylic acid groups (broad SMARTS) is 1. The third-order valence-electron chi connectivity index (χ3n) is 4.16. The Balaban J connectivity index is 2.42. The van der Waals surface area contributed by atoms with Gasteiger partial charge in [-0.1, -0.05) is 6.58 Å². The summed E-state index contributed by atoms with van der Waals surface area (Å²) < 4.78 is 5.35. The Morgan fingerprint density at radius 1 is 1.47 bits per heavy atom. The highest BCUT2D eigenvalue weighted by molar-refractivity contribution is 6.37. The maximum Gasteiger partial charge on any atom is 0.337 e. The van der Waals surface area contributed by atoms with E-state index in [0.717, 1.165) is 19.1 Å². The van der Waals surface area contributed by atoms with Gasteiger partial charge in [0.2, 0.25) is 5.91 Å². The van der Waals surface area contributed by atoms with E-state index in [1.165, 1.54) is 32.5 Å². The lowest BCUT2D eigenvalue weighted by Crippen LogP contribution is -2.31. The molecule has 0 atom stereocenters. The third kappa shape index (κ3) is 5.50. The second kappa shape index (κ2) is 9.96. The van der Waals surface area contributed by atoms with Crippen LogP contribution in [-0.2, 0) is 9.59 Å². The molecule has 158 valence electrons. The average Bonchev–Trinajstić information content (AvgIpc) is 3.57. The second-order valence-electron chi connectivity index (χ2n) is 6.27. The number of carbonyl (C=O) groups excluding carboxylic acids is 1. The lowest BCUT2D eigenvalue weighted by Gasteiger charge is -2.16. The molecule has 1 amide bonds. The number of carbonyl (C=O) groups is 2. The summed E-state index contributed by atoms with van der Waals surface area (Å²) in [5, 5.41) is 26.2. The van der Waals surface area contributed by atoms with Crippen LogP contribution < -0.4 is 21.2 Å². The van der Waals surface area contributed by atoms with Crippen molar-refractivity contribution >= 4 is 35.5 Å². The topological polar surface area (TPSA) is 175 Å². The van der Waals surface area contributed by atoms with Crippen molar-refractivity contribution in [3.8, 4) is 5.75 Å². The smallest absolute Gasteiger partial charge is 0.337 e. The fourth-order valence-electron chi connectivity index (χ4n) is 2.41. The molecule has 0 saturated heterocycles. The van der Waals surface area contributed by atoms with Gasteiger partial charge < -0.3 is 26.3 Å². The summed E-state index contributed by atoms with van der Waals surface area (Å²) in [5.74, 6) is 4.05. The molecule has 11 nitrogen and oxygen atoms in total. The molecule has 11 heteroatoms. The molecule has 2 rings (SSSR count). The van der Waals surface area contributed by atoms with Gasteiger partial charge in [-0.2, -0.15) is 5.10 Å². The zero-order valence-corrected chi connectivity index (χ0v) is 16.6. The maximum atomic E-state index is 12.0. The number of nitrogens with zero attached hydrogens (tertiary/aromatic N) is 3. The van der Waals surface area contributed by atoms with E-state index in [9.17, 15) is 14.7 Å². The van der Waals surface area contributed by atoms with E-state index in [0.29, 0.717) is 5.56 Å². The number of aliphatic carboxylic acids is 1. The minimum Gasteiger partial charge on any atom is -0.492 e. The number of hydrogen-bond acceptors (Lipinski definition) is 9. The first-order valence-corrected chi connectivity index (χ1v) is 8.86. The highest BCUT2D eigenvalue weighted by Crippen LogP contribution is 2.30. The van der Waals surface area contributed by atoms with Crippen molar-refractivity contribution in [2.45, 2.75) is 12.8 Å². The SMILES string of the molecule is C=C(C(=O)O)/C(=C\C(=NC)NC(=O)C1CC1)Nc1nccc(C(=N)/C=N\N)c1OC. The van der Waals surface area contributed by atoms with Crippen LogP contribution in [0.25, 0.3) is 0 Å². The summed E-state index contributed by atoms with van der Waals surface area (Å²) >= 11 is 0. The zero-order valence-electron chi connectivity index (χ0n) is 16.6. The molecular weight excluding hydrogens is 390 g/mol. The number of aromatic nitrogens is 1. The molecule has 0 bridgehead atoms. The Morgan fingerprint density at radius 3 is 2.70 bits per heavy atom. The Hall–Kier alpha value is -4.02. The van der Waals surface area contributed by atoms with Gasteiger partial charge in [-0.05, 0) is 18.9 Å². The summed E-state index contributed by atoms with van der Waals surface area (Å²) in [4.78, 5) is 31.7. The van der Waals surface area contributed by atoms with E-state index in [1.54, 1.807) is 0 Å². The van der Waals surface area contributed by atoms with Gasteiger partial charge in [0, 0.05) is 30.8 Å². The van der Waals surface area contributed by atoms with E-state index in [-0.39, 0.29) is 46.2 Å². The van der Waals surface area contributed by atoms with E-state index < -0.39 is 5.97 Å². The molecule has 0 radical (unpaired) electrons. The fraction of sp³-hybridized carbons (Fsp3) is 0.263. The molecule has 1 saturated carbocycles. The van der Waals surface area contributed by atoms with Crippen molar-refractivity contribution in [1.82, 2.24) is 10.3 Å². The zero-order chi connectivity index (χ0) is 22.3. The Kier molecular flexibility index (Phi) is 7.39. The Labute approximate surface area is 172 Å². The predicted octanol–water partition coefficient (Wildman–Crippen LogP) is 0.894. The van der Waals surface area contributed by atoms with Crippen LogP contribution in [0.2, 0.25) is 0 Å². The normalized spacial score (nSPS) is 14.3. The number of anilines is 1. The number of nitrogens with one attached hydrogen (secondary N) is 3. The minimum absolute atomic E-state index is 0.0289. The maximum absolute atomic E-state index is 12.0. The number of rotatable bonds is 9. The number of ether oxygens (including phenoxy) is 1. The van der Waals surface area contributed by atoms with Crippen molar-refractivity contribution in [1.29, 1.82) is 5.41 Å². The number of aliphatic imine (C=N–C) groups is 1. The summed E-state index contributed by atoms with van der Waals surface area (Å²) in [6, 6.07) is 1.53. The van der Waals surface area contributed by atoms with Crippen LogP contribution in [0.1, 0.15) is 18.4 Å². The first-order chi connectivity index (χ1) is 14.3. The van der Waals surface area contributed by atoms with Crippen LogP contribution in [0, 0.1) is 11.3 Å². The molecule has 1 heterocycles. The largest absolute Gasteiger partial charge is 0.492 e. The molecule has 1 aliphatic rings. The molecule has 1 aliphatic carbocycles. The number of hydrogen-bond donors (Lipinski definition) is 5. The standard InChI is InChI=1S/C19H23N7O4/c1-10(19(28)29)14(8-15(22-2)26-18(27)11-4-5-11)25-17-16(30-3)12(6-7-23-17)13(20)9-24-21/h6-9,11,20H,1,4-5,21H2,2-3H3,(H,23,25)(H,28,29)(H,22,26,27)/b14-8+,20-13?,24-9-. The lowest BCUT2D eigenvalue weighted by atomic mass is 10.1. The van der Waals surface area contributed by atoms with Crippen LogP contribution >= 0.6 is 0 Å². The number of amides is 1. The molecule has 0 aromatic carbocycles. The van der Waals surface area contributed by atoms with Crippen molar-refractivity contribution < 1.29 is 19.4 Å². The van der Waals surface area contributed by atoms with Crippen LogP contribution in [0.3, 0.4) is 0 Å². The molecule has 1 aromatic heterocycles. The van der Waals surface area contributed by atoms with Gasteiger partial charge in [0.05, 0.1) is 30.3 Å². The fourth-order valence-corrected chi connectivity index (χ4v) is 2.41. The molecule has 0 unspecified atom stereocenters. The summed E-state index contributed by atoms with van der Waals surface area (Å²) in [6.45, 7) is 3.56. The molecular formula is C19H23N7O4. The molecule has 1 aromatic rings. The van der Waals surface area contributed by atoms with Gasteiger partial charge in [-0.3, -0.25) is 15.2 Å². The summed E-state index contributed by atoms with van der Waals surface area (Å²) in [6.07, 6.45) is 5.50. The first-order valence-electron chi connectivity index (χ1n) is 8.86. The quantitative estimate of drug-likeness (QED) is 0.0997. The monoisotopic (exact) mass is 413 g/mol. The van der Waals surface area contributed by atoms with Gasteiger partial charge in [-0.25, -0.2) is 9.78 Å². The number of amidine groups is 1. The number of nitrogens with two attached hydrogens (primary N) is 1. The van der Waals surface area contributed by atoms with E-state index >= 15 is 0 Å². The van der Waals surface area contributed by atoms with Crippen molar-refractivity contribution in [3.63, 3.8) is 0 Å². The third-order valence-corrected chi connectivity index (χ3v) is 4.16. The van der Waals surface area contributed by atoms with Crippen LogP contribution in [-0.4, -0.2) is 53.9 Å². The van der Waals surface area contributed by atoms with Gasteiger partial charge >= 0.3 is 5.97 Å². The Morgan fingerprint density at radius 2 is 2.17 bits per heavy atom. The lowest BCUT2D eigenvalue weighted by molar-refractivity contribution is -0.132. The van der Waals surface area contributed by atoms with Gasteiger partial charge in [-0.15, -0.1) is 0 Å². The number of carboxylic acids is 1. The molecule has 6 N–H and O–H groups in total. The van der Waals surface area contributed by atoms with Crippen molar-refractivity contribution in [2.24, 2.45) is 21.9 Å². The predicted molar refractivity (Wildman–Crippen MR) is 113 cm³/mol. The highest BCUT2D eigenvalue weighted by Gasteiger charge is 2.30. The van der Waals surface area contributed by atoms with Gasteiger partial charge in [0.15, 0.2) is 11.6 Å². The number of pyridine rings is 1. The Bertz CT molecular complexity index is 962. The van der Waals surface area contributed by atoms with Crippen molar-refractivity contribution in [3.05, 3.63) is 41.8 Å². The number of hydrazone groups is 1. The van der Waals surface area contributed by atoms with Gasteiger partial charge in [0.25, 0.3) is 0 Å². The van der Waals surface area contributed by atoms with Crippen LogP contribution in [0.5, 0.6) is 5.75 Å². The molecule has 0 aliphatic heterocycles. The van der Waals surface area contributed by atoms with E-state index in [4.69, 9.17) is 16.0 Å². The average molecular weight is 413 g/mol. The molecule has 1 fully saturated rings. The van der Waals surface area contributed by atoms with Crippen LogP contribution in [0.4, 0.5) is 5.82 Å².